The Hall–Kier alpha value is -3.18. The van der Waals surface area contributed by atoms with Crippen molar-refractivity contribution in [3.8, 4) is 0 Å². The van der Waals surface area contributed by atoms with E-state index in [-0.39, 0.29) is 5.91 Å². The third kappa shape index (κ3) is 3.89. The van der Waals surface area contributed by atoms with E-state index in [1.807, 2.05) is 86.7 Å². The fraction of sp³-hybridized carbons (Fsp3) is 0.0870. The summed E-state index contributed by atoms with van der Waals surface area (Å²) in [6.45, 7) is 3.97. The first-order valence-corrected chi connectivity index (χ1v) is 9.80. The molecule has 1 amide bonds. The zero-order chi connectivity index (χ0) is 19.5. The van der Waals surface area contributed by atoms with Gasteiger partial charge in [0, 0.05) is 5.69 Å². The molecule has 1 aliphatic rings. The molecule has 0 aliphatic carbocycles. The fourth-order valence-corrected chi connectivity index (χ4v) is 3.94. The summed E-state index contributed by atoms with van der Waals surface area (Å²) in [6.07, 6.45) is 1.92. The Kier molecular flexibility index (Phi) is 5.08. The lowest BCUT2D eigenvalue weighted by atomic mass is 10.1. The minimum absolute atomic E-state index is 0.0795. The predicted molar refractivity (Wildman–Crippen MR) is 117 cm³/mol. The predicted octanol–water partition coefficient (Wildman–Crippen LogP) is 5.51. The Morgan fingerprint density at radius 2 is 1.75 bits per heavy atom. The summed E-state index contributed by atoms with van der Waals surface area (Å²) in [4.78, 5) is 24.6. The number of carbonyl (C=O) groups excluding carboxylic acids is 1. The minimum Gasteiger partial charge on any atom is -0.268 e. The number of aryl methyl sites for hydroxylation is 2. The van der Waals surface area contributed by atoms with E-state index in [1.165, 1.54) is 11.8 Å². The number of hydrogen-bond donors (Lipinski definition) is 0. The molecule has 0 unspecified atom stereocenters. The highest BCUT2D eigenvalue weighted by molar-refractivity contribution is 8.19. The Labute approximate surface area is 168 Å². The second-order valence-electron chi connectivity index (χ2n) is 6.53. The number of nitrogens with zero attached hydrogens (tertiary/aromatic N) is 3. The molecule has 5 heteroatoms. The second kappa shape index (κ2) is 7.82. The standard InChI is InChI=1S/C23H19N3OS/c1-16-8-6-10-18(14-16)15-20-22(27)26(19-11-4-3-5-12-19)23(28-20)25-21-13-7-9-17(2)24-21/h3-15H,1-2H3/b20-15-,25-23+. The van der Waals surface area contributed by atoms with Gasteiger partial charge in [0.15, 0.2) is 11.0 Å². The van der Waals surface area contributed by atoms with Gasteiger partial charge in [-0.05, 0) is 61.5 Å². The van der Waals surface area contributed by atoms with Crippen LogP contribution >= 0.6 is 11.8 Å². The molecule has 0 bridgehead atoms. The van der Waals surface area contributed by atoms with Gasteiger partial charge >= 0.3 is 0 Å². The van der Waals surface area contributed by atoms with Crippen LogP contribution in [0.15, 0.2) is 82.7 Å². The van der Waals surface area contributed by atoms with E-state index in [2.05, 4.69) is 16.0 Å². The van der Waals surface area contributed by atoms with Crippen molar-refractivity contribution in [2.75, 3.05) is 4.90 Å². The number of rotatable bonds is 3. The minimum atomic E-state index is -0.0795. The van der Waals surface area contributed by atoms with Crippen LogP contribution in [0, 0.1) is 13.8 Å². The maximum absolute atomic E-state index is 13.2. The summed E-state index contributed by atoms with van der Waals surface area (Å²) in [5, 5.41) is 0.605. The molecule has 0 radical (unpaired) electrons. The van der Waals surface area contributed by atoms with Gasteiger partial charge in [0.2, 0.25) is 0 Å². The van der Waals surface area contributed by atoms with Crippen LogP contribution in [-0.2, 0) is 4.79 Å². The van der Waals surface area contributed by atoms with Crippen molar-refractivity contribution in [3.63, 3.8) is 0 Å². The first-order chi connectivity index (χ1) is 13.6. The van der Waals surface area contributed by atoms with E-state index in [1.54, 1.807) is 4.90 Å². The second-order valence-corrected chi connectivity index (χ2v) is 7.54. The molecule has 4 nitrogen and oxygen atoms in total. The smallest absolute Gasteiger partial charge is 0.268 e. The van der Waals surface area contributed by atoms with Crippen molar-refractivity contribution < 1.29 is 4.79 Å². The van der Waals surface area contributed by atoms with Crippen LogP contribution in [0.4, 0.5) is 11.5 Å². The largest absolute Gasteiger partial charge is 0.271 e. The molecule has 0 atom stereocenters. The van der Waals surface area contributed by atoms with Crippen molar-refractivity contribution in [1.82, 2.24) is 4.98 Å². The maximum Gasteiger partial charge on any atom is 0.271 e. The molecule has 138 valence electrons. The molecule has 0 spiro atoms. The summed E-state index contributed by atoms with van der Waals surface area (Å²) in [5.74, 6) is 0.511. The molecule has 2 heterocycles. The number of aromatic nitrogens is 1. The number of carbonyl (C=O) groups is 1. The number of thioether (sulfide) groups is 1. The highest BCUT2D eigenvalue weighted by Crippen LogP contribution is 2.37. The molecule has 0 N–H and O–H groups in total. The van der Waals surface area contributed by atoms with E-state index in [0.29, 0.717) is 15.9 Å². The summed E-state index contributed by atoms with van der Waals surface area (Å²) in [5.41, 5.74) is 3.83. The number of hydrogen-bond acceptors (Lipinski definition) is 4. The van der Waals surface area contributed by atoms with E-state index >= 15 is 0 Å². The molecule has 28 heavy (non-hydrogen) atoms. The summed E-state index contributed by atoms with van der Waals surface area (Å²) in [7, 11) is 0. The van der Waals surface area contributed by atoms with Gasteiger partial charge in [-0.2, -0.15) is 0 Å². The van der Waals surface area contributed by atoms with Crippen LogP contribution in [0.5, 0.6) is 0 Å². The highest BCUT2D eigenvalue weighted by atomic mass is 32.2. The number of aliphatic imine (C=N–C) groups is 1. The molecule has 0 saturated carbocycles. The fourth-order valence-electron chi connectivity index (χ4n) is 2.95. The molecule has 1 aromatic heterocycles. The lowest BCUT2D eigenvalue weighted by Crippen LogP contribution is -2.28. The average Bonchev–Trinajstić information content (AvgIpc) is 2.97. The number of para-hydroxylation sites is 1. The first kappa shape index (κ1) is 18.2. The van der Waals surface area contributed by atoms with Crippen molar-refractivity contribution >= 4 is 40.4 Å². The number of amides is 1. The molecule has 1 aliphatic heterocycles. The molecular formula is C23H19N3OS. The Morgan fingerprint density at radius 1 is 0.964 bits per heavy atom. The third-order valence-corrected chi connectivity index (χ3v) is 5.21. The normalized spacial score (nSPS) is 16.9. The zero-order valence-corrected chi connectivity index (χ0v) is 16.5. The van der Waals surface area contributed by atoms with Gasteiger partial charge in [-0.25, -0.2) is 9.98 Å². The van der Waals surface area contributed by atoms with Gasteiger partial charge in [-0.15, -0.1) is 0 Å². The quantitative estimate of drug-likeness (QED) is 0.559. The Bertz CT molecular complexity index is 1090. The van der Waals surface area contributed by atoms with E-state index in [0.717, 1.165) is 22.5 Å². The van der Waals surface area contributed by atoms with Gasteiger partial charge in [-0.3, -0.25) is 9.69 Å². The van der Waals surface area contributed by atoms with E-state index in [9.17, 15) is 4.79 Å². The molecule has 2 aromatic carbocycles. The summed E-state index contributed by atoms with van der Waals surface area (Å²) in [6, 6.07) is 23.4. The van der Waals surface area contributed by atoms with Crippen LogP contribution in [0.1, 0.15) is 16.8 Å². The van der Waals surface area contributed by atoms with Gasteiger partial charge in [-0.1, -0.05) is 54.1 Å². The molecule has 4 rings (SSSR count). The summed E-state index contributed by atoms with van der Waals surface area (Å²) >= 11 is 1.37. The molecule has 3 aromatic rings. The SMILES string of the molecule is Cc1cccc(/C=C2\S/C(=N/c3cccc(C)n3)N(c3ccccc3)C2=O)c1. The van der Waals surface area contributed by atoms with Crippen molar-refractivity contribution in [3.05, 3.63) is 94.5 Å². The molecular weight excluding hydrogens is 366 g/mol. The van der Waals surface area contributed by atoms with Crippen LogP contribution < -0.4 is 4.90 Å². The van der Waals surface area contributed by atoms with Crippen LogP contribution in [0.25, 0.3) is 6.08 Å². The van der Waals surface area contributed by atoms with Crippen molar-refractivity contribution in [1.29, 1.82) is 0 Å². The van der Waals surface area contributed by atoms with Gasteiger partial charge in [0.25, 0.3) is 5.91 Å². The van der Waals surface area contributed by atoms with Crippen LogP contribution in [-0.4, -0.2) is 16.1 Å². The van der Waals surface area contributed by atoms with Gasteiger partial charge in [0.1, 0.15) is 0 Å². The Morgan fingerprint density at radius 3 is 2.50 bits per heavy atom. The van der Waals surface area contributed by atoms with Crippen LogP contribution in [0.3, 0.4) is 0 Å². The topological polar surface area (TPSA) is 45.6 Å². The Balaban J connectivity index is 1.78. The molecule has 1 saturated heterocycles. The monoisotopic (exact) mass is 385 g/mol. The van der Waals surface area contributed by atoms with Crippen molar-refractivity contribution in [2.45, 2.75) is 13.8 Å². The van der Waals surface area contributed by atoms with Gasteiger partial charge < -0.3 is 0 Å². The first-order valence-electron chi connectivity index (χ1n) is 8.98. The van der Waals surface area contributed by atoms with Crippen molar-refractivity contribution in [2.24, 2.45) is 4.99 Å². The summed E-state index contributed by atoms with van der Waals surface area (Å²) < 4.78 is 0. The van der Waals surface area contributed by atoms with Gasteiger partial charge in [0.05, 0.1) is 10.6 Å². The number of pyridine rings is 1. The van der Waals surface area contributed by atoms with E-state index in [4.69, 9.17) is 0 Å². The zero-order valence-electron chi connectivity index (χ0n) is 15.7. The average molecular weight is 385 g/mol. The number of anilines is 1. The van der Waals surface area contributed by atoms with Crippen LogP contribution in [0.2, 0.25) is 0 Å². The number of amidine groups is 1. The molecule has 1 fully saturated rings. The highest BCUT2D eigenvalue weighted by Gasteiger charge is 2.34. The maximum atomic E-state index is 13.2. The lowest BCUT2D eigenvalue weighted by molar-refractivity contribution is -0.113. The lowest BCUT2D eigenvalue weighted by Gasteiger charge is -2.15. The number of benzene rings is 2. The van der Waals surface area contributed by atoms with E-state index < -0.39 is 0 Å². The third-order valence-electron chi connectivity index (χ3n) is 4.24.